The van der Waals surface area contributed by atoms with Gasteiger partial charge in [0.2, 0.25) is 0 Å². The number of carbonyl (C=O) groups is 1. The average Bonchev–Trinajstić information content (AvgIpc) is 3.20. The maximum absolute atomic E-state index is 13.4. The molecule has 0 spiro atoms. The molecule has 2 aromatic rings. The monoisotopic (exact) mass is 444 g/mol. The molecule has 1 N–H and O–H groups in total. The summed E-state index contributed by atoms with van der Waals surface area (Å²) in [6.07, 6.45) is 15.4. The number of aliphatic hydroxyl groups is 1. The minimum absolute atomic E-state index is 0.00801. The summed E-state index contributed by atoms with van der Waals surface area (Å²) in [5, 5.41) is 14.8. The van der Waals surface area contributed by atoms with Gasteiger partial charge in [-0.15, -0.1) is 0 Å². The fraction of sp³-hybridized carbons (Fsp3) is 0.407. The summed E-state index contributed by atoms with van der Waals surface area (Å²) in [5.74, 6) is 0.701. The van der Waals surface area contributed by atoms with Crippen LogP contribution >= 0.6 is 0 Å². The van der Waals surface area contributed by atoms with E-state index < -0.39 is 0 Å². The number of aryl methyl sites for hydroxylation is 1. The molecule has 0 radical (unpaired) electrons. The van der Waals surface area contributed by atoms with Crippen LogP contribution in [0.15, 0.2) is 66.2 Å². The van der Waals surface area contributed by atoms with E-state index in [9.17, 15) is 9.90 Å². The lowest BCUT2D eigenvalue weighted by Gasteiger charge is -2.34. The Morgan fingerprint density at radius 3 is 2.79 bits per heavy atom. The molecule has 1 saturated heterocycles. The standard InChI is InChI=1S/C27H32N4O2/c1-19-3-6-24-7-4-22(20-9-11-30(12-10-20)13-14-32)18-31(24)27(33)16-25(19)21-5-8-26-23(15-21)17-29(2)28-26/h4-8,15-20,32H,3,9-14H2,1-2H3. The Morgan fingerprint density at radius 2 is 2.00 bits per heavy atom. The Morgan fingerprint density at radius 1 is 1.18 bits per heavy atom. The number of aliphatic hydroxyl groups excluding tert-OH is 1. The molecule has 5 rings (SSSR count). The van der Waals surface area contributed by atoms with Gasteiger partial charge in [-0.25, -0.2) is 0 Å². The van der Waals surface area contributed by atoms with Crippen LogP contribution in [0.1, 0.15) is 31.7 Å². The number of likely N-dealkylation sites (tertiary alicyclic amines) is 1. The second-order valence-corrected chi connectivity index (χ2v) is 9.45. The van der Waals surface area contributed by atoms with Gasteiger partial charge in [0.25, 0.3) is 5.91 Å². The molecule has 0 aliphatic carbocycles. The third kappa shape index (κ3) is 4.45. The Labute approximate surface area is 195 Å². The number of benzene rings is 1. The van der Waals surface area contributed by atoms with Gasteiger partial charge in [-0.1, -0.05) is 25.1 Å². The van der Waals surface area contributed by atoms with Crippen molar-refractivity contribution in [1.82, 2.24) is 19.6 Å². The van der Waals surface area contributed by atoms with Gasteiger partial charge in [0.05, 0.1) is 12.1 Å². The summed E-state index contributed by atoms with van der Waals surface area (Å²) in [7, 11) is 1.93. The van der Waals surface area contributed by atoms with Crippen molar-refractivity contribution in [2.45, 2.75) is 26.2 Å². The first-order valence-corrected chi connectivity index (χ1v) is 11.9. The SMILES string of the molecule is CC1CC=C2C=CC(C3CCN(CCO)CC3)=CN2C(=O)C=C1c1ccc2nn(C)cc2c1. The number of hydrogen-bond donors (Lipinski definition) is 1. The Bertz CT molecular complexity index is 1180. The maximum atomic E-state index is 13.4. The zero-order valence-electron chi connectivity index (χ0n) is 19.4. The minimum Gasteiger partial charge on any atom is -0.395 e. The highest BCUT2D eigenvalue weighted by atomic mass is 16.3. The Hall–Kier alpha value is -2.96. The van der Waals surface area contributed by atoms with Crippen LogP contribution < -0.4 is 0 Å². The lowest BCUT2D eigenvalue weighted by molar-refractivity contribution is -0.122. The van der Waals surface area contributed by atoms with Gasteiger partial charge >= 0.3 is 0 Å². The van der Waals surface area contributed by atoms with E-state index in [2.05, 4.69) is 53.5 Å². The van der Waals surface area contributed by atoms with Crippen LogP contribution in [0.2, 0.25) is 0 Å². The largest absolute Gasteiger partial charge is 0.395 e. The molecule has 1 unspecified atom stereocenters. The highest BCUT2D eigenvalue weighted by Gasteiger charge is 2.27. The van der Waals surface area contributed by atoms with E-state index >= 15 is 0 Å². The molecular weight excluding hydrogens is 412 g/mol. The quantitative estimate of drug-likeness (QED) is 0.778. The summed E-state index contributed by atoms with van der Waals surface area (Å²) < 4.78 is 1.82. The lowest BCUT2D eigenvalue weighted by atomic mass is 9.86. The molecule has 172 valence electrons. The van der Waals surface area contributed by atoms with Crippen molar-refractivity contribution in [2.24, 2.45) is 18.9 Å². The molecule has 0 bridgehead atoms. The molecule has 1 atom stereocenters. The zero-order valence-corrected chi connectivity index (χ0v) is 19.4. The van der Waals surface area contributed by atoms with E-state index in [1.165, 1.54) is 5.57 Å². The molecule has 1 aromatic carbocycles. The van der Waals surface area contributed by atoms with E-state index in [1.54, 1.807) is 0 Å². The van der Waals surface area contributed by atoms with Crippen molar-refractivity contribution < 1.29 is 9.90 Å². The fourth-order valence-electron chi connectivity index (χ4n) is 5.22. The van der Waals surface area contributed by atoms with Crippen molar-refractivity contribution in [3.05, 3.63) is 71.7 Å². The van der Waals surface area contributed by atoms with Gasteiger partial charge in [0, 0.05) is 43.1 Å². The smallest absolute Gasteiger partial charge is 0.255 e. The third-order valence-electron chi connectivity index (χ3n) is 7.16. The molecule has 6 heteroatoms. The van der Waals surface area contributed by atoms with Crippen LogP contribution in [0.4, 0.5) is 0 Å². The highest BCUT2D eigenvalue weighted by Crippen LogP contribution is 2.34. The molecule has 3 aliphatic heterocycles. The summed E-state index contributed by atoms with van der Waals surface area (Å²) in [5.41, 5.74) is 5.31. The Kier molecular flexibility index (Phi) is 6.04. The maximum Gasteiger partial charge on any atom is 0.255 e. The van der Waals surface area contributed by atoms with E-state index in [1.807, 2.05) is 35.0 Å². The van der Waals surface area contributed by atoms with Crippen LogP contribution in [0.25, 0.3) is 16.5 Å². The number of hydrogen-bond acceptors (Lipinski definition) is 4. The van der Waals surface area contributed by atoms with Crippen LogP contribution in [-0.2, 0) is 11.8 Å². The Balaban J connectivity index is 1.41. The summed E-state index contributed by atoms with van der Waals surface area (Å²) >= 11 is 0. The third-order valence-corrected chi connectivity index (χ3v) is 7.16. The number of rotatable bonds is 4. The number of β-amino-alcohol motifs (C(OH)–C–C–N with tert-alkyl or cyclic N) is 1. The average molecular weight is 445 g/mol. The minimum atomic E-state index is 0.00801. The zero-order chi connectivity index (χ0) is 22.9. The van der Waals surface area contributed by atoms with Crippen LogP contribution in [0, 0.1) is 11.8 Å². The van der Waals surface area contributed by atoms with E-state index in [4.69, 9.17) is 0 Å². The van der Waals surface area contributed by atoms with Crippen molar-refractivity contribution in [3.8, 4) is 0 Å². The summed E-state index contributed by atoms with van der Waals surface area (Å²) in [6, 6.07) is 6.25. The van der Waals surface area contributed by atoms with E-state index in [0.29, 0.717) is 5.92 Å². The highest BCUT2D eigenvalue weighted by molar-refractivity contribution is 5.99. The lowest BCUT2D eigenvalue weighted by Crippen LogP contribution is -2.36. The van der Waals surface area contributed by atoms with Gasteiger partial charge in [0.15, 0.2) is 0 Å². The second kappa shape index (κ2) is 9.12. The van der Waals surface area contributed by atoms with Crippen molar-refractivity contribution >= 4 is 22.4 Å². The van der Waals surface area contributed by atoms with Gasteiger partial charge in [-0.3, -0.25) is 14.4 Å². The predicted octanol–water partition coefficient (Wildman–Crippen LogP) is 3.87. The van der Waals surface area contributed by atoms with Crippen LogP contribution in [0.5, 0.6) is 0 Å². The van der Waals surface area contributed by atoms with E-state index in [0.717, 1.165) is 66.6 Å². The molecule has 1 fully saturated rings. The first kappa shape index (κ1) is 21.9. The van der Waals surface area contributed by atoms with Crippen LogP contribution in [-0.4, -0.2) is 56.8 Å². The predicted molar refractivity (Wildman–Crippen MR) is 131 cm³/mol. The van der Waals surface area contributed by atoms with Gasteiger partial charge in [-0.05, 0) is 79.1 Å². The van der Waals surface area contributed by atoms with Crippen molar-refractivity contribution in [2.75, 3.05) is 26.2 Å². The second-order valence-electron chi connectivity index (χ2n) is 9.45. The number of carbonyl (C=O) groups excluding carboxylic acids is 1. The van der Waals surface area contributed by atoms with Crippen LogP contribution in [0.3, 0.4) is 0 Å². The van der Waals surface area contributed by atoms with Crippen molar-refractivity contribution in [3.63, 3.8) is 0 Å². The normalized spacial score (nSPS) is 22.5. The van der Waals surface area contributed by atoms with Gasteiger partial charge in [-0.2, -0.15) is 5.10 Å². The molecule has 1 amide bonds. The molecular formula is C27H32N4O2. The number of amides is 1. The van der Waals surface area contributed by atoms with Gasteiger partial charge in [0.1, 0.15) is 0 Å². The van der Waals surface area contributed by atoms with E-state index in [-0.39, 0.29) is 18.4 Å². The molecule has 3 aliphatic rings. The molecule has 1 aromatic heterocycles. The molecule has 33 heavy (non-hydrogen) atoms. The molecule has 4 heterocycles. The number of nitrogens with zero attached hydrogens (tertiary/aromatic N) is 4. The number of aromatic nitrogens is 2. The van der Waals surface area contributed by atoms with Crippen molar-refractivity contribution in [1.29, 1.82) is 0 Å². The summed E-state index contributed by atoms with van der Waals surface area (Å²) in [4.78, 5) is 17.6. The topological polar surface area (TPSA) is 61.6 Å². The number of allylic oxidation sites excluding steroid dienone is 5. The molecule has 6 nitrogen and oxygen atoms in total. The first-order chi connectivity index (χ1) is 16.0. The molecule has 0 saturated carbocycles. The first-order valence-electron chi connectivity index (χ1n) is 11.9. The number of piperidine rings is 1. The van der Waals surface area contributed by atoms with Gasteiger partial charge < -0.3 is 10.0 Å². The number of fused-ring (bicyclic) bond motifs is 2. The summed E-state index contributed by atoms with van der Waals surface area (Å²) in [6.45, 7) is 5.13. The fourth-order valence-corrected chi connectivity index (χ4v) is 5.22.